The van der Waals surface area contributed by atoms with Crippen LogP contribution in [0.5, 0.6) is 11.5 Å². The Morgan fingerprint density at radius 3 is 2.44 bits per heavy atom. The Kier molecular flexibility index (Phi) is 5.06. The summed E-state index contributed by atoms with van der Waals surface area (Å²) in [5, 5.41) is 6.47. The second-order valence-corrected chi connectivity index (χ2v) is 6.70. The number of amides is 1. The fraction of sp³-hybridized carbons (Fsp3) is 0.174. The molecular formula is C23H22N2O2. The molecule has 1 atom stereocenters. The number of para-hydroxylation sites is 1. The van der Waals surface area contributed by atoms with Crippen LogP contribution in [0.25, 0.3) is 0 Å². The zero-order valence-electron chi connectivity index (χ0n) is 15.0. The van der Waals surface area contributed by atoms with Gasteiger partial charge < -0.3 is 15.4 Å². The Labute approximate surface area is 159 Å². The molecule has 0 radical (unpaired) electrons. The zero-order valence-corrected chi connectivity index (χ0v) is 15.0. The van der Waals surface area contributed by atoms with Gasteiger partial charge in [0.05, 0.1) is 6.04 Å². The molecule has 1 heterocycles. The van der Waals surface area contributed by atoms with Crippen LogP contribution in [0.3, 0.4) is 0 Å². The molecule has 1 unspecified atom stereocenters. The predicted molar refractivity (Wildman–Crippen MR) is 107 cm³/mol. The zero-order chi connectivity index (χ0) is 18.5. The van der Waals surface area contributed by atoms with E-state index in [2.05, 4.69) is 34.9 Å². The summed E-state index contributed by atoms with van der Waals surface area (Å²) in [6, 6.07) is 26.2. The van der Waals surface area contributed by atoms with Crippen LogP contribution in [0.4, 0.5) is 5.69 Å². The molecule has 1 aliphatic rings. The second kappa shape index (κ2) is 7.96. The average molecular weight is 358 g/mol. The summed E-state index contributed by atoms with van der Waals surface area (Å²) in [5.41, 5.74) is 3.38. The molecule has 0 aromatic heterocycles. The lowest BCUT2D eigenvalue weighted by Gasteiger charge is -2.13. The van der Waals surface area contributed by atoms with E-state index in [1.807, 2.05) is 54.6 Å². The normalized spacial score (nSPS) is 16.0. The number of nitrogens with one attached hydrogen (secondary N) is 2. The van der Waals surface area contributed by atoms with E-state index in [9.17, 15) is 4.79 Å². The van der Waals surface area contributed by atoms with Crippen molar-refractivity contribution in [2.75, 3.05) is 5.32 Å². The minimum atomic E-state index is 0.133. The van der Waals surface area contributed by atoms with Crippen molar-refractivity contribution in [3.05, 3.63) is 90.0 Å². The van der Waals surface area contributed by atoms with E-state index in [1.165, 1.54) is 5.56 Å². The van der Waals surface area contributed by atoms with Gasteiger partial charge in [0.15, 0.2) is 0 Å². The van der Waals surface area contributed by atoms with Crippen molar-refractivity contribution in [1.82, 2.24) is 5.32 Å². The first-order valence-electron chi connectivity index (χ1n) is 9.21. The van der Waals surface area contributed by atoms with E-state index < -0.39 is 0 Å². The number of ether oxygens (including phenoxy) is 1. The first-order valence-corrected chi connectivity index (χ1v) is 9.21. The predicted octanol–water partition coefficient (Wildman–Crippen LogP) is 5.04. The number of carbonyl (C=O) groups excluding carboxylic acids is 1. The third-order valence-corrected chi connectivity index (χ3v) is 4.68. The number of anilines is 1. The van der Waals surface area contributed by atoms with Crippen LogP contribution in [0.1, 0.15) is 30.0 Å². The van der Waals surface area contributed by atoms with Crippen molar-refractivity contribution in [3.63, 3.8) is 0 Å². The van der Waals surface area contributed by atoms with Gasteiger partial charge in [0, 0.05) is 18.7 Å². The molecule has 1 amide bonds. The van der Waals surface area contributed by atoms with Crippen molar-refractivity contribution in [3.8, 4) is 11.5 Å². The minimum absolute atomic E-state index is 0.133. The molecule has 1 aliphatic heterocycles. The van der Waals surface area contributed by atoms with Gasteiger partial charge in [0.25, 0.3) is 0 Å². The molecule has 4 nitrogen and oxygen atoms in total. The third kappa shape index (κ3) is 4.47. The van der Waals surface area contributed by atoms with Crippen molar-refractivity contribution < 1.29 is 9.53 Å². The van der Waals surface area contributed by atoms with Crippen molar-refractivity contribution >= 4 is 11.6 Å². The number of hydrogen-bond donors (Lipinski definition) is 2. The maximum atomic E-state index is 11.4. The lowest BCUT2D eigenvalue weighted by Crippen LogP contribution is -2.18. The van der Waals surface area contributed by atoms with Gasteiger partial charge in [-0.15, -0.1) is 0 Å². The van der Waals surface area contributed by atoms with Crippen molar-refractivity contribution in [2.24, 2.45) is 0 Å². The number of hydrogen-bond acceptors (Lipinski definition) is 3. The monoisotopic (exact) mass is 358 g/mol. The lowest BCUT2D eigenvalue weighted by molar-refractivity contribution is -0.119. The van der Waals surface area contributed by atoms with E-state index in [1.54, 1.807) is 0 Å². The van der Waals surface area contributed by atoms with E-state index in [0.717, 1.165) is 35.7 Å². The average Bonchev–Trinajstić information content (AvgIpc) is 3.15. The summed E-state index contributed by atoms with van der Waals surface area (Å²) >= 11 is 0. The Morgan fingerprint density at radius 1 is 0.926 bits per heavy atom. The summed E-state index contributed by atoms with van der Waals surface area (Å²) in [4.78, 5) is 11.4. The highest BCUT2D eigenvalue weighted by Crippen LogP contribution is 2.26. The molecule has 2 N–H and O–H groups in total. The second-order valence-electron chi connectivity index (χ2n) is 6.70. The van der Waals surface area contributed by atoms with Gasteiger partial charge in [-0.3, -0.25) is 4.79 Å². The molecule has 3 aromatic carbocycles. The van der Waals surface area contributed by atoms with Crippen LogP contribution in [0.2, 0.25) is 0 Å². The molecule has 0 aliphatic carbocycles. The summed E-state index contributed by atoms with van der Waals surface area (Å²) in [6.07, 6.45) is 1.48. The van der Waals surface area contributed by atoms with E-state index >= 15 is 0 Å². The van der Waals surface area contributed by atoms with Crippen LogP contribution in [-0.2, 0) is 11.3 Å². The minimum Gasteiger partial charge on any atom is -0.457 e. The van der Waals surface area contributed by atoms with Gasteiger partial charge in [-0.05, 0) is 53.9 Å². The fourth-order valence-corrected chi connectivity index (χ4v) is 3.23. The highest BCUT2D eigenvalue weighted by Gasteiger charge is 2.22. The summed E-state index contributed by atoms with van der Waals surface area (Å²) in [5.74, 6) is 1.79. The van der Waals surface area contributed by atoms with Gasteiger partial charge in [0.2, 0.25) is 5.91 Å². The maximum absolute atomic E-state index is 11.4. The molecule has 0 saturated carbocycles. The molecule has 1 fully saturated rings. The van der Waals surface area contributed by atoms with Gasteiger partial charge >= 0.3 is 0 Å². The van der Waals surface area contributed by atoms with Gasteiger partial charge in [0.1, 0.15) is 11.5 Å². The SMILES string of the molecule is O=C1CCC(c2cccc(NCc3ccc(Oc4ccccc4)cc3)c2)N1. The molecule has 0 bridgehead atoms. The van der Waals surface area contributed by atoms with Gasteiger partial charge in [-0.1, -0.05) is 42.5 Å². The van der Waals surface area contributed by atoms with Crippen LogP contribution < -0.4 is 15.4 Å². The quantitative estimate of drug-likeness (QED) is 0.649. The summed E-state index contributed by atoms with van der Waals surface area (Å²) in [6.45, 7) is 0.728. The van der Waals surface area contributed by atoms with E-state index in [-0.39, 0.29) is 11.9 Å². The highest BCUT2D eigenvalue weighted by atomic mass is 16.5. The molecule has 0 spiro atoms. The molecular weight excluding hydrogens is 336 g/mol. The standard InChI is InChI=1S/C23H22N2O2/c26-23-14-13-22(25-23)18-5-4-6-19(15-18)24-16-17-9-11-21(12-10-17)27-20-7-2-1-3-8-20/h1-12,15,22,24H,13-14,16H2,(H,25,26). The topological polar surface area (TPSA) is 50.4 Å². The Morgan fingerprint density at radius 2 is 1.70 bits per heavy atom. The smallest absolute Gasteiger partial charge is 0.220 e. The van der Waals surface area contributed by atoms with Crippen molar-refractivity contribution in [1.29, 1.82) is 0 Å². The van der Waals surface area contributed by atoms with Crippen molar-refractivity contribution in [2.45, 2.75) is 25.4 Å². The third-order valence-electron chi connectivity index (χ3n) is 4.68. The van der Waals surface area contributed by atoms with E-state index in [0.29, 0.717) is 6.42 Å². The van der Waals surface area contributed by atoms with Crippen LogP contribution in [0, 0.1) is 0 Å². The summed E-state index contributed by atoms with van der Waals surface area (Å²) in [7, 11) is 0. The maximum Gasteiger partial charge on any atom is 0.220 e. The number of carbonyl (C=O) groups is 1. The molecule has 3 aromatic rings. The number of rotatable bonds is 6. The lowest BCUT2D eigenvalue weighted by atomic mass is 10.0. The molecule has 136 valence electrons. The van der Waals surface area contributed by atoms with Gasteiger partial charge in [-0.2, -0.15) is 0 Å². The van der Waals surface area contributed by atoms with E-state index in [4.69, 9.17) is 4.74 Å². The van der Waals surface area contributed by atoms with Crippen LogP contribution >= 0.6 is 0 Å². The largest absolute Gasteiger partial charge is 0.457 e. The first-order chi connectivity index (χ1) is 13.3. The molecule has 27 heavy (non-hydrogen) atoms. The molecule has 4 rings (SSSR count). The summed E-state index contributed by atoms with van der Waals surface area (Å²) < 4.78 is 5.82. The first kappa shape index (κ1) is 17.2. The number of benzene rings is 3. The van der Waals surface area contributed by atoms with Gasteiger partial charge in [-0.25, -0.2) is 0 Å². The van der Waals surface area contributed by atoms with Crippen LogP contribution in [-0.4, -0.2) is 5.91 Å². The Bertz CT molecular complexity index is 907. The molecule has 1 saturated heterocycles. The molecule has 4 heteroatoms. The highest BCUT2D eigenvalue weighted by molar-refractivity contribution is 5.78. The Balaban J connectivity index is 1.35. The fourth-order valence-electron chi connectivity index (χ4n) is 3.23. The van der Waals surface area contributed by atoms with Crippen LogP contribution in [0.15, 0.2) is 78.9 Å². The Hall–Kier alpha value is -3.27.